The third-order valence-electron chi connectivity index (χ3n) is 3.02. The smallest absolute Gasteiger partial charge is 0.329 e. The van der Waals surface area contributed by atoms with Crippen LogP contribution in [0.25, 0.3) is 0 Å². The van der Waals surface area contributed by atoms with Crippen molar-refractivity contribution in [1.29, 1.82) is 0 Å². The van der Waals surface area contributed by atoms with Crippen LogP contribution < -0.4 is 5.32 Å². The molecule has 0 atom stereocenters. The quantitative estimate of drug-likeness (QED) is 0.791. The third kappa shape index (κ3) is 3.35. The van der Waals surface area contributed by atoms with Gasteiger partial charge in [0.05, 0.1) is 0 Å². The van der Waals surface area contributed by atoms with Gasteiger partial charge in [0.1, 0.15) is 5.54 Å². The van der Waals surface area contributed by atoms with Crippen LogP contribution >= 0.6 is 0 Å². The highest BCUT2D eigenvalue weighted by Crippen LogP contribution is 2.32. The lowest BCUT2D eigenvalue weighted by atomic mass is 9.77. The van der Waals surface area contributed by atoms with Gasteiger partial charge in [-0.05, 0) is 24.7 Å². The second kappa shape index (κ2) is 4.55. The maximum Gasteiger partial charge on any atom is 0.329 e. The van der Waals surface area contributed by atoms with Crippen molar-refractivity contribution in [1.82, 2.24) is 10.2 Å². The van der Waals surface area contributed by atoms with Gasteiger partial charge in [-0.3, -0.25) is 0 Å². The normalized spacial score (nSPS) is 18.1. The van der Waals surface area contributed by atoms with E-state index in [9.17, 15) is 9.59 Å². The van der Waals surface area contributed by atoms with Gasteiger partial charge in [0.15, 0.2) is 0 Å². The van der Waals surface area contributed by atoms with Crippen molar-refractivity contribution in [3.8, 4) is 0 Å². The van der Waals surface area contributed by atoms with Crippen LogP contribution in [0.3, 0.4) is 0 Å². The summed E-state index contributed by atoms with van der Waals surface area (Å²) in [6.07, 6.45) is 1.91. The Balaban J connectivity index is 2.57. The fraction of sp³-hybridized carbons (Fsp3) is 0.833. The number of urea groups is 1. The molecule has 98 valence electrons. The molecule has 1 aliphatic carbocycles. The fourth-order valence-electron chi connectivity index (χ4n) is 2.01. The van der Waals surface area contributed by atoms with Crippen molar-refractivity contribution in [2.45, 2.75) is 45.6 Å². The van der Waals surface area contributed by atoms with Gasteiger partial charge < -0.3 is 15.3 Å². The van der Waals surface area contributed by atoms with Crippen LogP contribution in [0.5, 0.6) is 0 Å². The summed E-state index contributed by atoms with van der Waals surface area (Å²) < 4.78 is 0. The highest BCUT2D eigenvalue weighted by Gasteiger charge is 2.46. The van der Waals surface area contributed by atoms with E-state index in [0.29, 0.717) is 19.4 Å². The lowest BCUT2D eigenvalue weighted by Gasteiger charge is -2.39. The Bertz CT molecular complexity index is 316. The van der Waals surface area contributed by atoms with E-state index in [4.69, 9.17) is 5.11 Å². The molecule has 0 saturated heterocycles. The number of hydrogen-bond acceptors (Lipinski definition) is 2. The van der Waals surface area contributed by atoms with E-state index in [1.165, 1.54) is 0 Å². The summed E-state index contributed by atoms with van der Waals surface area (Å²) in [6, 6.07) is -0.304. The first-order valence-corrected chi connectivity index (χ1v) is 5.93. The van der Waals surface area contributed by atoms with Crippen LogP contribution in [0.1, 0.15) is 40.0 Å². The molecule has 1 aliphatic rings. The molecule has 5 heteroatoms. The summed E-state index contributed by atoms with van der Waals surface area (Å²) in [5.41, 5.74) is -1.02. The molecule has 0 aromatic rings. The highest BCUT2D eigenvalue weighted by molar-refractivity contribution is 5.87. The van der Waals surface area contributed by atoms with E-state index in [1.54, 1.807) is 11.9 Å². The monoisotopic (exact) mass is 242 g/mol. The molecule has 0 spiro atoms. The van der Waals surface area contributed by atoms with Gasteiger partial charge in [0.2, 0.25) is 0 Å². The zero-order valence-electron chi connectivity index (χ0n) is 11.0. The van der Waals surface area contributed by atoms with Gasteiger partial charge in [0, 0.05) is 13.6 Å². The first kappa shape index (κ1) is 13.8. The average Bonchev–Trinajstić information content (AvgIpc) is 2.07. The molecule has 0 unspecified atom stereocenters. The number of carbonyl (C=O) groups excluding carboxylic acids is 1. The van der Waals surface area contributed by atoms with Crippen LogP contribution in [0.4, 0.5) is 4.79 Å². The average molecular weight is 242 g/mol. The molecule has 1 rings (SSSR count). The van der Waals surface area contributed by atoms with Crippen LogP contribution in [0, 0.1) is 5.41 Å². The van der Waals surface area contributed by atoms with Crippen molar-refractivity contribution >= 4 is 12.0 Å². The van der Waals surface area contributed by atoms with E-state index in [-0.39, 0.29) is 11.4 Å². The minimum atomic E-state index is -1.02. The van der Waals surface area contributed by atoms with Crippen LogP contribution in [0.2, 0.25) is 0 Å². The molecule has 0 aromatic heterocycles. The Morgan fingerprint density at radius 2 is 1.88 bits per heavy atom. The molecule has 0 radical (unpaired) electrons. The Kier molecular flexibility index (Phi) is 3.69. The number of nitrogens with zero attached hydrogens (tertiary/aromatic N) is 1. The largest absolute Gasteiger partial charge is 0.480 e. The standard InChI is InChI=1S/C12H22N2O3/c1-11(2,3)8-14(4)10(17)13-12(9(15)16)6-5-7-12/h5-8H2,1-4H3,(H,13,17)(H,15,16). The number of amides is 2. The number of carboxylic acids is 1. The minimum absolute atomic E-state index is 0.00207. The molecule has 2 N–H and O–H groups in total. The topological polar surface area (TPSA) is 69.6 Å². The summed E-state index contributed by atoms with van der Waals surface area (Å²) in [6.45, 7) is 6.70. The number of carbonyl (C=O) groups is 2. The van der Waals surface area contributed by atoms with Crippen LogP contribution in [-0.4, -0.2) is 41.1 Å². The zero-order valence-corrected chi connectivity index (χ0v) is 11.0. The van der Waals surface area contributed by atoms with Crippen molar-refractivity contribution in [2.75, 3.05) is 13.6 Å². The second-order valence-corrected chi connectivity index (χ2v) is 6.09. The number of hydrogen-bond donors (Lipinski definition) is 2. The lowest BCUT2D eigenvalue weighted by molar-refractivity contribution is -0.148. The minimum Gasteiger partial charge on any atom is -0.480 e. The summed E-state index contributed by atoms with van der Waals surface area (Å²) in [5.74, 6) is -0.929. The van der Waals surface area contributed by atoms with Crippen molar-refractivity contribution in [3.05, 3.63) is 0 Å². The van der Waals surface area contributed by atoms with Gasteiger partial charge in [-0.2, -0.15) is 0 Å². The second-order valence-electron chi connectivity index (χ2n) is 6.09. The van der Waals surface area contributed by atoms with Crippen molar-refractivity contribution in [2.24, 2.45) is 5.41 Å². The Morgan fingerprint density at radius 3 is 2.18 bits per heavy atom. The van der Waals surface area contributed by atoms with Gasteiger partial charge >= 0.3 is 12.0 Å². The van der Waals surface area contributed by atoms with E-state index in [0.717, 1.165) is 6.42 Å². The van der Waals surface area contributed by atoms with Gasteiger partial charge in [-0.15, -0.1) is 0 Å². The van der Waals surface area contributed by atoms with E-state index in [2.05, 4.69) is 5.32 Å². The lowest BCUT2D eigenvalue weighted by Crippen LogP contribution is -2.61. The first-order valence-electron chi connectivity index (χ1n) is 5.93. The molecule has 0 heterocycles. The van der Waals surface area contributed by atoms with E-state index < -0.39 is 11.5 Å². The predicted molar refractivity (Wildman–Crippen MR) is 64.8 cm³/mol. The molecule has 1 fully saturated rings. The van der Waals surface area contributed by atoms with Gasteiger partial charge in [0.25, 0.3) is 0 Å². The van der Waals surface area contributed by atoms with Gasteiger partial charge in [-0.1, -0.05) is 20.8 Å². The Morgan fingerprint density at radius 1 is 1.35 bits per heavy atom. The summed E-state index contributed by atoms with van der Waals surface area (Å²) in [5, 5.41) is 11.8. The SMILES string of the molecule is CN(CC(C)(C)C)C(=O)NC1(C(=O)O)CCC1. The molecule has 5 nitrogen and oxygen atoms in total. The summed E-state index contributed by atoms with van der Waals surface area (Å²) in [4.78, 5) is 24.5. The van der Waals surface area contributed by atoms with Crippen LogP contribution in [-0.2, 0) is 4.79 Å². The number of nitrogens with one attached hydrogen (secondary N) is 1. The predicted octanol–water partition coefficient (Wildman–Crippen LogP) is 1.68. The maximum absolute atomic E-state index is 11.9. The molecule has 0 aliphatic heterocycles. The summed E-state index contributed by atoms with van der Waals surface area (Å²) >= 11 is 0. The third-order valence-corrected chi connectivity index (χ3v) is 3.02. The highest BCUT2D eigenvalue weighted by atomic mass is 16.4. The maximum atomic E-state index is 11.9. The molecular formula is C12H22N2O3. The zero-order chi connectivity index (χ0) is 13.3. The van der Waals surface area contributed by atoms with Crippen molar-refractivity contribution < 1.29 is 14.7 Å². The Hall–Kier alpha value is -1.26. The molecule has 0 bridgehead atoms. The van der Waals surface area contributed by atoms with Crippen LogP contribution in [0.15, 0.2) is 0 Å². The fourth-order valence-corrected chi connectivity index (χ4v) is 2.01. The number of rotatable bonds is 3. The Labute approximate surface area is 102 Å². The number of carboxylic acid groups (broad SMARTS) is 1. The van der Waals surface area contributed by atoms with E-state index in [1.807, 2.05) is 20.8 Å². The molecule has 2 amide bonds. The molecular weight excluding hydrogens is 220 g/mol. The van der Waals surface area contributed by atoms with Crippen molar-refractivity contribution in [3.63, 3.8) is 0 Å². The summed E-state index contributed by atoms with van der Waals surface area (Å²) in [7, 11) is 1.69. The first-order chi connectivity index (χ1) is 7.66. The molecule has 0 aromatic carbocycles. The molecule has 1 saturated carbocycles. The van der Waals surface area contributed by atoms with Gasteiger partial charge in [-0.25, -0.2) is 9.59 Å². The number of aliphatic carboxylic acids is 1. The molecule has 17 heavy (non-hydrogen) atoms. The van der Waals surface area contributed by atoms with E-state index >= 15 is 0 Å².